The van der Waals surface area contributed by atoms with E-state index in [9.17, 15) is 18.0 Å². The third kappa shape index (κ3) is 5.92. The molecule has 172 valence electrons. The Bertz CT molecular complexity index is 1090. The zero-order valence-electron chi connectivity index (χ0n) is 18.5. The fourth-order valence-electron chi connectivity index (χ4n) is 4.04. The highest BCUT2D eigenvalue weighted by Gasteiger charge is 2.28. The Kier molecular flexibility index (Phi) is 7.67. The molecule has 1 aromatic carbocycles. The molecule has 1 N–H and O–H groups in total. The highest BCUT2D eigenvalue weighted by atomic mass is 35.5. The lowest BCUT2D eigenvalue weighted by molar-refractivity contribution is -0.118. The van der Waals surface area contributed by atoms with E-state index in [1.807, 2.05) is 0 Å². The summed E-state index contributed by atoms with van der Waals surface area (Å²) in [6.07, 6.45) is 8.88. The number of rotatable bonds is 8. The lowest BCUT2D eigenvalue weighted by Gasteiger charge is -2.21. The summed E-state index contributed by atoms with van der Waals surface area (Å²) in [4.78, 5) is 33.6. The number of hydrogen-bond donors (Lipinski definition) is 1. The summed E-state index contributed by atoms with van der Waals surface area (Å²) in [5.74, 6) is -0.419. The first kappa shape index (κ1) is 24.3. The Morgan fingerprint density at radius 2 is 1.84 bits per heavy atom. The van der Waals surface area contributed by atoms with Crippen LogP contribution >= 0.6 is 11.6 Å². The predicted molar refractivity (Wildman–Crippen MR) is 124 cm³/mol. The van der Waals surface area contributed by atoms with E-state index < -0.39 is 15.8 Å². The Balaban J connectivity index is 1.84. The molecule has 0 aliphatic heterocycles. The Hall–Kier alpha value is -2.32. The van der Waals surface area contributed by atoms with E-state index in [1.165, 1.54) is 18.5 Å². The molecule has 1 amide bonds. The number of halogens is 1. The smallest absolute Gasteiger partial charge is 0.233 e. The normalized spacial score (nSPS) is 15.7. The first-order valence-corrected chi connectivity index (χ1v) is 13.0. The van der Waals surface area contributed by atoms with E-state index in [0.29, 0.717) is 17.9 Å². The lowest BCUT2D eigenvalue weighted by Crippen LogP contribution is -2.24. The number of anilines is 1. The molecule has 9 heteroatoms. The second-order valence-corrected chi connectivity index (χ2v) is 11.1. The molecule has 1 aromatic heterocycles. The largest absolute Gasteiger partial charge is 0.309 e. The van der Waals surface area contributed by atoms with Gasteiger partial charge in [-0.2, -0.15) is 0 Å². The van der Waals surface area contributed by atoms with Crippen LogP contribution in [0.5, 0.6) is 0 Å². The number of nitrogens with zero attached hydrogens (tertiary/aromatic N) is 2. The fraction of sp³-hybridized carbons (Fsp3) is 0.478. The van der Waals surface area contributed by atoms with Gasteiger partial charge in [-0.25, -0.2) is 18.4 Å². The van der Waals surface area contributed by atoms with E-state index >= 15 is 0 Å². The van der Waals surface area contributed by atoms with Crippen molar-refractivity contribution in [2.24, 2.45) is 11.8 Å². The lowest BCUT2D eigenvalue weighted by atomic mass is 9.87. The van der Waals surface area contributed by atoms with Crippen LogP contribution in [0.25, 0.3) is 0 Å². The molecule has 2 aromatic rings. The van der Waals surface area contributed by atoms with Crippen molar-refractivity contribution in [1.82, 2.24) is 9.97 Å². The highest BCUT2D eigenvalue weighted by Crippen LogP contribution is 2.36. The van der Waals surface area contributed by atoms with Gasteiger partial charge in [0, 0.05) is 12.2 Å². The van der Waals surface area contributed by atoms with Gasteiger partial charge in [0.1, 0.15) is 5.69 Å². The summed E-state index contributed by atoms with van der Waals surface area (Å²) in [5, 5.41) is 2.89. The summed E-state index contributed by atoms with van der Waals surface area (Å²) >= 11 is 6.25. The van der Waals surface area contributed by atoms with Gasteiger partial charge < -0.3 is 5.32 Å². The minimum Gasteiger partial charge on any atom is -0.309 e. The maximum absolute atomic E-state index is 13.2. The zero-order chi connectivity index (χ0) is 23.5. The SMILES string of the molecule is CC(C)C(=O)c1cnc(NC(=O)C(CC2CCCC2)c2ccc(S(C)(=O)=O)c(Cl)c2)cn1. The number of sulfone groups is 1. The van der Waals surface area contributed by atoms with E-state index in [0.717, 1.165) is 31.9 Å². The van der Waals surface area contributed by atoms with Crippen molar-refractivity contribution < 1.29 is 18.0 Å². The summed E-state index contributed by atoms with van der Waals surface area (Å²) in [6.45, 7) is 3.57. The molecule has 1 atom stereocenters. The van der Waals surface area contributed by atoms with Gasteiger partial charge in [0.25, 0.3) is 0 Å². The number of ketones is 1. The molecular formula is C23H28ClN3O4S. The molecule has 32 heavy (non-hydrogen) atoms. The number of Topliss-reactive ketones (excluding diaryl/α,β-unsaturated/α-hetero) is 1. The van der Waals surface area contributed by atoms with E-state index in [1.54, 1.807) is 26.0 Å². The maximum Gasteiger partial charge on any atom is 0.233 e. The minimum atomic E-state index is -3.46. The molecule has 0 bridgehead atoms. The minimum absolute atomic E-state index is 0.0409. The molecule has 1 aliphatic carbocycles. The van der Waals surface area contributed by atoms with Crippen molar-refractivity contribution >= 4 is 38.9 Å². The standard InChI is InChI=1S/C23H28ClN3O4S/c1-14(2)22(28)19-12-26-21(13-25-19)27-23(29)17(10-15-6-4-5-7-15)16-8-9-20(18(24)11-16)32(3,30)31/h8-9,11-15,17H,4-7,10H2,1-3H3,(H,26,27,29). The van der Waals surface area contributed by atoms with Gasteiger partial charge in [0.2, 0.25) is 5.91 Å². The molecule has 1 unspecified atom stereocenters. The van der Waals surface area contributed by atoms with Crippen molar-refractivity contribution in [1.29, 1.82) is 0 Å². The molecule has 1 fully saturated rings. The van der Waals surface area contributed by atoms with Crippen LogP contribution in [0, 0.1) is 11.8 Å². The summed E-state index contributed by atoms with van der Waals surface area (Å²) < 4.78 is 23.8. The predicted octanol–water partition coefficient (Wildman–Crippen LogP) is 4.67. The topological polar surface area (TPSA) is 106 Å². The molecule has 1 heterocycles. The van der Waals surface area contributed by atoms with E-state index in [4.69, 9.17) is 11.6 Å². The van der Waals surface area contributed by atoms with Gasteiger partial charge in [-0.1, -0.05) is 57.2 Å². The number of hydrogen-bond acceptors (Lipinski definition) is 6. The first-order valence-electron chi connectivity index (χ1n) is 10.7. The molecule has 3 rings (SSSR count). The Morgan fingerprint density at radius 1 is 1.16 bits per heavy atom. The van der Waals surface area contributed by atoms with Gasteiger partial charge in [-0.05, 0) is 30.0 Å². The number of amides is 1. The molecule has 7 nitrogen and oxygen atoms in total. The van der Waals surface area contributed by atoms with Crippen molar-refractivity contribution in [2.75, 3.05) is 11.6 Å². The van der Waals surface area contributed by atoms with Crippen molar-refractivity contribution in [2.45, 2.75) is 56.8 Å². The number of carbonyl (C=O) groups excluding carboxylic acids is 2. The number of benzene rings is 1. The fourth-order valence-corrected chi connectivity index (χ4v) is 5.38. The zero-order valence-corrected chi connectivity index (χ0v) is 20.0. The van der Waals surface area contributed by atoms with E-state index in [2.05, 4.69) is 15.3 Å². The van der Waals surface area contributed by atoms with Crippen LogP contribution in [0.4, 0.5) is 5.82 Å². The van der Waals surface area contributed by atoms with Crippen LogP contribution in [0.15, 0.2) is 35.5 Å². The first-order chi connectivity index (χ1) is 15.1. The van der Waals surface area contributed by atoms with Gasteiger partial charge in [0.15, 0.2) is 21.4 Å². The second kappa shape index (κ2) is 10.1. The van der Waals surface area contributed by atoms with Crippen LogP contribution in [0.1, 0.15) is 67.9 Å². The monoisotopic (exact) mass is 477 g/mol. The summed E-state index contributed by atoms with van der Waals surface area (Å²) in [7, 11) is -3.46. The Labute approximate surface area is 193 Å². The number of carbonyl (C=O) groups is 2. The van der Waals surface area contributed by atoms with Gasteiger partial charge in [-0.15, -0.1) is 0 Å². The summed E-state index contributed by atoms with van der Waals surface area (Å²) in [6, 6.07) is 4.67. The third-order valence-electron chi connectivity index (χ3n) is 5.80. The van der Waals surface area contributed by atoms with Crippen LogP contribution in [0.3, 0.4) is 0 Å². The number of aromatic nitrogens is 2. The average Bonchev–Trinajstić information content (AvgIpc) is 3.24. The van der Waals surface area contributed by atoms with Crippen LogP contribution in [-0.4, -0.2) is 36.3 Å². The van der Waals surface area contributed by atoms with Crippen molar-refractivity contribution in [3.8, 4) is 0 Å². The number of nitrogens with one attached hydrogen (secondary N) is 1. The van der Waals surface area contributed by atoms with Gasteiger partial charge in [-0.3, -0.25) is 9.59 Å². The molecule has 0 radical (unpaired) electrons. The van der Waals surface area contributed by atoms with Crippen LogP contribution in [0.2, 0.25) is 5.02 Å². The Morgan fingerprint density at radius 3 is 2.38 bits per heavy atom. The molecule has 0 spiro atoms. The maximum atomic E-state index is 13.2. The average molecular weight is 478 g/mol. The molecular weight excluding hydrogens is 450 g/mol. The van der Waals surface area contributed by atoms with Crippen LogP contribution in [-0.2, 0) is 14.6 Å². The highest BCUT2D eigenvalue weighted by molar-refractivity contribution is 7.90. The molecule has 1 aliphatic rings. The van der Waals surface area contributed by atoms with Crippen molar-refractivity contribution in [3.63, 3.8) is 0 Å². The summed E-state index contributed by atoms with van der Waals surface area (Å²) in [5.41, 5.74) is 0.912. The van der Waals surface area contributed by atoms with Gasteiger partial charge >= 0.3 is 0 Å². The van der Waals surface area contributed by atoms with E-state index in [-0.39, 0.29) is 39.0 Å². The quantitative estimate of drug-likeness (QED) is 0.553. The van der Waals surface area contributed by atoms with Gasteiger partial charge in [0.05, 0.1) is 28.2 Å². The van der Waals surface area contributed by atoms with Crippen molar-refractivity contribution in [3.05, 3.63) is 46.9 Å². The molecule has 1 saturated carbocycles. The van der Waals surface area contributed by atoms with Crippen LogP contribution < -0.4 is 5.32 Å². The third-order valence-corrected chi connectivity index (χ3v) is 7.38. The second-order valence-electron chi connectivity index (χ2n) is 8.70. The molecule has 0 saturated heterocycles.